The van der Waals surface area contributed by atoms with Crippen LogP contribution in [0.2, 0.25) is 0 Å². The molecule has 0 aliphatic rings. The molecule has 0 saturated heterocycles. The molecule has 31 heavy (non-hydrogen) atoms. The van der Waals surface area contributed by atoms with Crippen LogP contribution >= 0.6 is 7.26 Å². The molecule has 0 heterocycles. The summed E-state index contributed by atoms with van der Waals surface area (Å²) in [4.78, 5) is 0. The summed E-state index contributed by atoms with van der Waals surface area (Å²) in [5.41, 5.74) is 4.56. The number of benzene rings is 3. The molecule has 0 saturated carbocycles. The predicted octanol–water partition coefficient (Wildman–Crippen LogP) is 9.36. The van der Waals surface area contributed by atoms with Crippen LogP contribution in [0.1, 0.15) is 68.6 Å². The fourth-order valence-electron chi connectivity index (χ4n) is 4.72. The van der Waals surface area contributed by atoms with Crippen molar-refractivity contribution in [1.82, 2.24) is 0 Å². The molecule has 164 valence electrons. The standard InChI is InChI=1S/C30H40P/c1-2-3-4-5-6-7-17-24-31(25-28-18-11-8-12-19-28,26-29-20-13-9-14-21-29)27-30-22-15-10-16-23-30/h8-16,18-23H,2-7,17,24-27H2,1H3/q+1. The Morgan fingerprint density at radius 2 is 0.806 bits per heavy atom. The first kappa shape index (κ1) is 23.7. The van der Waals surface area contributed by atoms with Gasteiger partial charge in [0, 0.05) is 7.26 Å². The van der Waals surface area contributed by atoms with Gasteiger partial charge in [-0.3, -0.25) is 0 Å². The van der Waals surface area contributed by atoms with Gasteiger partial charge in [-0.05, 0) is 29.5 Å². The second-order valence-electron chi connectivity index (χ2n) is 9.12. The molecule has 0 bridgehead atoms. The third kappa shape index (κ3) is 8.62. The number of unbranched alkanes of at least 4 members (excludes halogenated alkanes) is 6. The van der Waals surface area contributed by atoms with Gasteiger partial charge in [-0.2, -0.15) is 0 Å². The summed E-state index contributed by atoms with van der Waals surface area (Å²) >= 11 is 0. The molecule has 0 aromatic heterocycles. The smallest absolute Gasteiger partial charge is 0.0654 e. The summed E-state index contributed by atoms with van der Waals surface area (Å²) in [6, 6.07) is 33.8. The van der Waals surface area contributed by atoms with E-state index in [0.717, 1.165) is 0 Å². The Bertz CT molecular complexity index is 725. The maximum atomic E-state index is 2.34. The molecule has 0 nitrogen and oxygen atoms in total. The van der Waals surface area contributed by atoms with E-state index in [0.29, 0.717) is 0 Å². The van der Waals surface area contributed by atoms with E-state index < -0.39 is 7.26 Å². The van der Waals surface area contributed by atoms with Crippen LogP contribution in [0.15, 0.2) is 91.0 Å². The summed E-state index contributed by atoms with van der Waals surface area (Å²) in [6.07, 6.45) is 14.9. The van der Waals surface area contributed by atoms with Crippen LogP contribution in [0, 0.1) is 0 Å². The van der Waals surface area contributed by atoms with Crippen LogP contribution in [-0.2, 0) is 18.5 Å². The Morgan fingerprint density at radius 3 is 1.19 bits per heavy atom. The van der Waals surface area contributed by atoms with E-state index in [9.17, 15) is 0 Å². The molecule has 3 rings (SSSR count). The molecule has 0 N–H and O–H groups in total. The SMILES string of the molecule is CCCCCCCCC[P+](Cc1ccccc1)(Cc1ccccc1)Cc1ccccc1. The molecule has 3 aromatic rings. The monoisotopic (exact) mass is 431 g/mol. The first-order chi connectivity index (χ1) is 15.3. The highest BCUT2D eigenvalue weighted by Crippen LogP contribution is 2.67. The van der Waals surface area contributed by atoms with Crippen LogP contribution < -0.4 is 0 Å². The summed E-state index contributed by atoms with van der Waals surface area (Å²) in [7, 11) is -1.22. The molecular formula is C30H40P+. The lowest BCUT2D eigenvalue weighted by Crippen LogP contribution is -2.09. The second kappa shape index (κ2) is 13.5. The summed E-state index contributed by atoms with van der Waals surface area (Å²) in [5.74, 6) is 0. The fraction of sp³-hybridized carbons (Fsp3) is 0.400. The maximum absolute atomic E-state index is 2.34. The molecule has 0 fully saturated rings. The molecule has 0 amide bonds. The lowest BCUT2D eigenvalue weighted by Gasteiger charge is -2.29. The topological polar surface area (TPSA) is 0 Å². The van der Waals surface area contributed by atoms with Crippen molar-refractivity contribution < 1.29 is 0 Å². The highest BCUT2D eigenvalue weighted by molar-refractivity contribution is 7.73. The van der Waals surface area contributed by atoms with E-state index in [1.54, 1.807) is 0 Å². The van der Waals surface area contributed by atoms with Crippen molar-refractivity contribution in [1.29, 1.82) is 0 Å². The molecule has 0 aliphatic carbocycles. The first-order valence-corrected chi connectivity index (χ1v) is 14.8. The van der Waals surface area contributed by atoms with Crippen molar-refractivity contribution in [3.63, 3.8) is 0 Å². The minimum atomic E-state index is -1.22. The van der Waals surface area contributed by atoms with Crippen molar-refractivity contribution in [3.05, 3.63) is 108 Å². The first-order valence-electron chi connectivity index (χ1n) is 12.3. The van der Waals surface area contributed by atoms with Crippen molar-refractivity contribution in [3.8, 4) is 0 Å². The molecule has 0 aliphatic heterocycles. The van der Waals surface area contributed by atoms with Gasteiger partial charge in [-0.1, -0.05) is 130 Å². The highest BCUT2D eigenvalue weighted by atomic mass is 31.2. The zero-order chi connectivity index (χ0) is 21.6. The van der Waals surface area contributed by atoms with Gasteiger partial charge in [-0.25, -0.2) is 0 Å². The number of rotatable bonds is 14. The maximum Gasteiger partial charge on any atom is 0.0849 e. The van der Waals surface area contributed by atoms with E-state index in [2.05, 4.69) is 97.9 Å². The number of hydrogen-bond acceptors (Lipinski definition) is 0. The Kier molecular flexibility index (Phi) is 10.3. The van der Waals surface area contributed by atoms with E-state index in [4.69, 9.17) is 0 Å². The summed E-state index contributed by atoms with van der Waals surface area (Å²) < 4.78 is 0. The minimum Gasteiger partial charge on any atom is -0.0654 e. The minimum absolute atomic E-state index is 1.22. The molecule has 3 aromatic carbocycles. The van der Waals surface area contributed by atoms with Gasteiger partial charge >= 0.3 is 0 Å². The van der Waals surface area contributed by atoms with Crippen LogP contribution in [-0.4, -0.2) is 6.16 Å². The van der Waals surface area contributed by atoms with Crippen LogP contribution in [0.3, 0.4) is 0 Å². The van der Waals surface area contributed by atoms with Crippen LogP contribution in [0.4, 0.5) is 0 Å². The second-order valence-corrected chi connectivity index (χ2v) is 13.2. The normalized spacial score (nSPS) is 11.5. The highest BCUT2D eigenvalue weighted by Gasteiger charge is 2.37. The fourth-order valence-corrected chi connectivity index (χ4v) is 9.38. The van der Waals surface area contributed by atoms with Gasteiger partial charge in [0.1, 0.15) is 0 Å². The van der Waals surface area contributed by atoms with Gasteiger partial charge in [0.25, 0.3) is 0 Å². The average molecular weight is 432 g/mol. The number of hydrogen-bond donors (Lipinski definition) is 0. The largest absolute Gasteiger partial charge is 0.0849 e. The van der Waals surface area contributed by atoms with Crippen LogP contribution in [0.25, 0.3) is 0 Å². The quantitative estimate of drug-likeness (QED) is 0.176. The molecule has 0 unspecified atom stereocenters. The van der Waals surface area contributed by atoms with Gasteiger partial charge < -0.3 is 0 Å². The molecular weight excluding hydrogens is 391 g/mol. The van der Waals surface area contributed by atoms with Crippen molar-refractivity contribution in [2.24, 2.45) is 0 Å². The Labute approximate surface area is 191 Å². The van der Waals surface area contributed by atoms with Crippen molar-refractivity contribution in [2.75, 3.05) is 6.16 Å². The van der Waals surface area contributed by atoms with Gasteiger partial charge in [0.2, 0.25) is 0 Å². The Hall–Kier alpha value is -1.91. The molecule has 0 spiro atoms. The third-order valence-electron chi connectivity index (χ3n) is 6.32. The van der Waals surface area contributed by atoms with E-state index >= 15 is 0 Å². The van der Waals surface area contributed by atoms with E-state index in [1.807, 2.05) is 0 Å². The van der Waals surface area contributed by atoms with Gasteiger partial charge in [0.15, 0.2) is 0 Å². The summed E-state index contributed by atoms with van der Waals surface area (Å²) in [6.45, 7) is 2.30. The van der Waals surface area contributed by atoms with E-state index in [-0.39, 0.29) is 0 Å². The lowest BCUT2D eigenvalue weighted by atomic mass is 10.1. The lowest BCUT2D eigenvalue weighted by molar-refractivity contribution is 0.602. The average Bonchev–Trinajstić information content (AvgIpc) is 2.80. The third-order valence-corrected chi connectivity index (χ3v) is 10.7. The zero-order valence-electron chi connectivity index (χ0n) is 19.4. The van der Waals surface area contributed by atoms with Crippen LogP contribution in [0.5, 0.6) is 0 Å². The predicted molar refractivity (Wildman–Crippen MR) is 140 cm³/mol. The Morgan fingerprint density at radius 1 is 0.452 bits per heavy atom. The van der Waals surface area contributed by atoms with Crippen molar-refractivity contribution in [2.45, 2.75) is 70.4 Å². The van der Waals surface area contributed by atoms with E-state index in [1.165, 1.54) is 86.3 Å². The summed E-state index contributed by atoms with van der Waals surface area (Å²) in [5, 5.41) is 0. The molecule has 0 atom stereocenters. The molecule has 0 radical (unpaired) electrons. The Balaban J connectivity index is 1.78. The molecule has 1 heteroatoms. The van der Waals surface area contributed by atoms with Gasteiger partial charge in [-0.15, -0.1) is 0 Å². The zero-order valence-corrected chi connectivity index (χ0v) is 20.3. The van der Waals surface area contributed by atoms with Gasteiger partial charge in [0.05, 0.1) is 24.6 Å². The van der Waals surface area contributed by atoms with Crippen molar-refractivity contribution >= 4 is 7.26 Å².